The predicted molar refractivity (Wildman–Crippen MR) is 80.1 cm³/mol. The summed E-state index contributed by atoms with van der Waals surface area (Å²) in [5, 5.41) is 18.9. The van der Waals surface area contributed by atoms with Crippen molar-refractivity contribution in [3.05, 3.63) is 11.8 Å². The fourth-order valence-corrected chi connectivity index (χ4v) is 1.03. The number of amides is 1. The summed E-state index contributed by atoms with van der Waals surface area (Å²) in [5.41, 5.74) is 10.5. The minimum atomic E-state index is -1.08. The summed E-state index contributed by atoms with van der Waals surface area (Å²) < 4.78 is 4.48. The van der Waals surface area contributed by atoms with E-state index in [1.54, 1.807) is 6.92 Å². The zero-order valence-electron chi connectivity index (χ0n) is 12.9. The number of carboxylic acids is 2. The molecule has 0 saturated carbocycles. The molecule has 0 aliphatic rings. The molecule has 0 spiro atoms. The highest BCUT2D eigenvalue weighted by atomic mass is 16.5. The largest absolute Gasteiger partial charge is 0.480 e. The number of aliphatic carboxylic acids is 2. The van der Waals surface area contributed by atoms with Crippen molar-refractivity contribution in [3.63, 3.8) is 0 Å². The van der Waals surface area contributed by atoms with Crippen LogP contribution in [0.15, 0.2) is 11.8 Å². The molecule has 22 heavy (non-hydrogen) atoms. The molecule has 0 fully saturated rings. The molecule has 1 atom stereocenters. The zero-order chi connectivity index (χ0) is 17.5. The molecule has 0 heterocycles. The lowest BCUT2D eigenvalue weighted by atomic mass is 10.1. The summed E-state index contributed by atoms with van der Waals surface area (Å²) in [6.07, 6.45) is 2.59. The van der Waals surface area contributed by atoms with Crippen molar-refractivity contribution >= 4 is 18.0 Å². The first-order valence-electron chi connectivity index (χ1n) is 6.78. The minimum Gasteiger partial charge on any atom is -0.480 e. The number of nitrogens with one attached hydrogen (secondary N) is 1. The number of unbranched alkanes of at least 4 members (excludes halogenated alkanes) is 1. The zero-order valence-corrected chi connectivity index (χ0v) is 12.9. The van der Waals surface area contributed by atoms with Crippen molar-refractivity contribution in [3.8, 4) is 0 Å². The van der Waals surface area contributed by atoms with Gasteiger partial charge < -0.3 is 26.4 Å². The number of rotatable bonds is 8. The second-order valence-electron chi connectivity index (χ2n) is 4.23. The molecule has 1 amide bonds. The van der Waals surface area contributed by atoms with Crippen LogP contribution >= 0.6 is 0 Å². The number of carbonyl (C=O) groups excluding carboxylic acids is 1. The Kier molecular flexibility index (Phi) is 13.9. The highest BCUT2D eigenvalue weighted by molar-refractivity contribution is 5.86. The first kappa shape index (κ1) is 22.2. The monoisotopic (exact) mass is 319 g/mol. The van der Waals surface area contributed by atoms with E-state index in [1.165, 1.54) is 6.92 Å². The van der Waals surface area contributed by atoms with Gasteiger partial charge in [0.2, 0.25) is 0 Å². The molecule has 0 unspecified atom stereocenters. The predicted octanol–water partition coefficient (Wildman–Crippen LogP) is 0.248. The van der Waals surface area contributed by atoms with Crippen molar-refractivity contribution in [1.29, 1.82) is 0 Å². The van der Waals surface area contributed by atoms with Crippen molar-refractivity contribution in [2.24, 2.45) is 11.5 Å². The summed E-state index contributed by atoms with van der Waals surface area (Å²) >= 11 is 0. The van der Waals surface area contributed by atoms with Crippen LogP contribution in [0.4, 0.5) is 4.79 Å². The van der Waals surface area contributed by atoms with Crippen LogP contribution in [0.3, 0.4) is 0 Å². The average molecular weight is 319 g/mol. The molecule has 9 nitrogen and oxygen atoms in total. The van der Waals surface area contributed by atoms with Crippen molar-refractivity contribution < 1.29 is 29.3 Å². The van der Waals surface area contributed by atoms with Gasteiger partial charge in [-0.25, -0.2) is 9.59 Å². The van der Waals surface area contributed by atoms with E-state index in [9.17, 15) is 14.4 Å². The van der Waals surface area contributed by atoms with E-state index in [1.807, 2.05) is 0 Å². The van der Waals surface area contributed by atoms with Gasteiger partial charge in [0.15, 0.2) is 0 Å². The van der Waals surface area contributed by atoms with Gasteiger partial charge in [0, 0.05) is 6.20 Å². The van der Waals surface area contributed by atoms with Gasteiger partial charge in [0.25, 0.3) is 0 Å². The molecule has 0 saturated heterocycles. The van der Waals surface area contributed by atoms with Gasteiger partial charge in [-0.15, -0.1) is 0 Å². The number of hydrogen-bond acceptors (Lipinski definition) is 6. The Morgan fingerprint density at radius 1 is 1.27 bits per heavy atom. The third-order valence-corrected chi connectivity index (χ3v) is 2.31. The molecular formula is C13H25N3O6. The van der Waals surface area contributed by atoms with E-state index >= 15 is 0 Å². The van der Waals surface area contributed by atoms with Gasteiger partial charge in [-0.2, -0.15) is 0 Å². The number of nitrogens with two attached hydrogens (primary N) is 2. The summed E-state index contributed by atoms with van der Waals surface area (Å²) in [5.74, 6) is -2.01. The molecule has 9 heteroatoms. The highest BCUT2D eigenvalue weighted by Crippen LogP contribution is 1.97. The van der Waals surface area contributed by atoms with Crippen LogP contribution < -0.4 is 16.8 Å². The van der Waals surface area contributed by atoms with E-state index in [0.717, 1.165) is 19.0 Å². The molecule has 0 bridgehead atoms. The van der Waals surface area contributed by atoms with E-state index in [4.69, 9.17) is 21.7 Å². The highest BCUT2D eigenvalue weighted by Gasteiger charge is 2.09. The van der Waals surface area contributed by atoms with Gasteiger partial charge in [-0.1, -0.05) is 6.42 Å². The Morgan fingerprint density at radius 3 is 2.27 bits per heavy atom. The Hall–Kier alpha value is -2.13. The molecule has 128 valence electrons. The summed E-state index contributed by atoms with van der Waals surface area (Å²) in [7, 11) is 0. The Bertz CT molecular complexity index is 384. The Balaban J connectivity index is 0. The number of carboxylic acid groups (broad SMARTS) is 2. The second-order valence-corrected chi connectivity index (χ2v) is 4.23. The quantitative estimate of drug-likeness (QED) is 0.313. The number of alkyl carbamates (subject to hydrolysis) is 1. The van der Waals surface area contributed by atoms with E-state index in [0.29, 0.717) is 13.0 Å². The third-order valence-electron chi connectivity index (χ3n) is 2.31. The molecule has 0 radical (unpaired) electrons. The SMILES string of the molecule is CCOC(=O)NC=C(C)C(=O)O.NCCCC[C@H](N)C(=O)O. The number of carbonyl (C=O) groups is 3. The standard InChI is InChI=1S/C7H11NO4.C6H14N2O2/c1-3-12-7(11)8-4-5(2)6(9)10;7-4-2-1-3-5(8)6(9)10/h4H,3H2,1-2H3,(H,8,11)(H,9,10);5H,1-4,7-8H2,(H,9,10)/t;5-/m.0/s1. The van der Waals surface area contributed by atoms with Crippen LogP contribution in [0.25, 0.3) is 0 Å². The van der Waals surface area contributed by atoms with Crippen molar-refractivity contribution in [1.82, 2.24) is 5.32 Å². The van der Waals surface area contributed by atoms with Gasteiger partial charge in [0.1, 0.15) is 6.04 Å². The van der Waals surface area contributed by atoms with Crippen molar-refractivity contribution in [2.45, 2.75) is 39.2 Å². The Morgan fingerprint density at radius 2 is 1.86 bits per heavy atom. The molecule has 0 aromatic rings. The summed E-state index contributed by atoms with van der Waals surface area (Å²) in [6.45, 7) is 3.89. The van der Waals surface area contributed by atoms with Gasteiger partial charge in [-0.05, 0) is 33.2 Å². The van der Waals surface area contributed by atoms with Crippen LogP contribution in [0.1, 0.15) is 33.1 Å². The lowest BCUT2D eigenvalue weighted by Gasteiger charge is -2.03. The molecule has 0 aromatic carbocycles. The van der Waals surface area contributed by atoms with Crippen LogP contribution in [0.5, 0.6) is 0 Å². The van der Waals surface area contributed by atoms with Crippen LogP contribution in [-0.4, -0.2) is 47.4 Å². The van der Waals surface area contributed by atoms with Crippen LogP contribution in [-0.2, 0) is 14.3 Å². The molecule has 0 aliphatic heterocycles. The van der Waals surface area contributed by atoms with E-state index in [-0.39, 0.29) is 12.2 Å². The second kappa shape index (κ2) is 13.8. The lowest BCUT2D eigenvalue weighted by Crippen LogP contribution is -2.29. The van der Waals surface area contributed by atoms with Crippen LogP contribution in [0, 0.1) is 0 Å². The van der Waals surface area contributed by atoms with Crippen molar-refractivity contribution in [2.75, 3.05) is 13.2 Å². The van der Waals surface area contributed by atoms with Gasteiger partial charge in [0.05, 0.1) is 12.2 Å². The van der Waals surface area contributed by atoms with E-state index < -0.39 is 24.1 Å². The van der Waals surface area contributed by atoms with Gasteiger partial charge in [-0.3, -0.25) is 10.1 Å². The smallest absolute Gasteiger partial charge is 0.411 e. The maximum Gasteiger partial charge on any atom is 0.411 e. The maximum atomic E-state index is 10.6. The molecule has 0 aromatic heterocycles. The summed E-state index contributed by atoms with van der Waals surface area (Å²) in [4.78, 5) is 30.9. The fourth-order valence-electron chi connectivity index (χ4n) is 1.03. The first-order valence-corrected chi connectivity index (χ1v) is 6.78. The molecule has 7 N–H and O–H groups in total. The minimum absolute atomic E-state index is 0.0445. The first-order chi connectivity index (χ1) is 10.3. The molecule has 0 aliphatic carbocycles. The fraction of sp³-hybridized carbons (Fsp3) is 0.615. The van der Waals surface area contributed by atoms with Crippen LogP contribution in [0.2, 0.25) is 0 Å². The molecule has 0 rings (SSSR count). The average Bonchev–Trinajstić information content (AvgIpc) is 2.45. The lowest BCUT2D eigenvalue weighted by molar-refractivity contribution is -0.138. The topological polar surface area (TPSA) is 165 Å². The van der Waals surface area contributed by atoms with Gasteiger partial charge >= 0.3 is 18.0 Å². The molecular weight excluding hydrogens is 294 g/mol. The summed E-state index contributed by atoms with van der Waals surface area (Å²) in [6, 6.07) is -0.716. The Labute approximate surface area is 129 Å². The third kappa shape index (κ3) is 14.3. The number of ether oxygens (including phenoxy) is 1. The van der Waals surface area contributed by atoms with E-state index in [2.05, 4.69) is 10.1 Å². The number of hydrogen-bond donors (Lipinski definition) is 5. The maximum absolute atomic E-state index is 10.6. The normalized spacial score (nSPS) is 11.7.